The normalized spacial score (nSPS) is 16.5. The highest BCUT2D eigenvalue weighted by atomic mass is 32.2. The third kappa shape index (κ3) is 5.42. The minimum absolute atomic E-state index is 0.0385. The van der Waals surface area contributed by atoms with Gasteiger partial charge in [-0.3, -0.25) is 9.59 Å². The Morgan fingerprint density at radius 1 is 1.11 bits per heavy atom. The molecule has 2 aromatic carbocycles. The molecule has 0 radical (unpaired) electrons. The molecular formula is C21H20FNO4S. The lowest BCUT2D eigenvalue weighted by molar-refractivity contribution is -0.130. The predicted octanol–water partition coefficient (Wildman–Crippen LogP) is 4.23. The summed E-state index contributed by atoms with van der Waals surface area (Å²) in [7, 11) is 0. The fourth-order valence-electron chi connectivity index (χ4n) is 2.90. The molecule has 1 aliphatic carbocycles. The number of rotatable bonds is 6. The lowest BCUT2D eigenvalue weighted by Crippen LogP contribution is -2.30. The van der Waals surface area contributed by atoms with Crippen molar-refractivity contribution in [3.8, 4) is 0 Å². The van der Waals surface area contributed by atoms with Gasteiger partial charge in [0, 0.05) is 17.0 Å². The first kappa shape index (κ1) is 20.1. The number of amides is 1. The molecular weight excluding hydrogens is 381 g/mol. The average molecular weight is 401 g/mol. The van der Waals surface area contributed by atoms with Crippen LogP contribution in [-0.4, -0.2) is 29.5 Å². The molecule has 1 fully saturated rings. The second-order valence-corrected chi connectivity index (χ2v) is 7.46. The van der Waals surface area contributed by atoms with Gasteiger partial charge < -0.3 is 10.1 Å². The maximum Gasteiger partial charge on any atom is 0.339 e. The summed E-state index contributed by atoms with van der Waals surface area (Å²) in [6.45, 7) is 0. The van der Waals surface area contributed by atoms with Gasteiger partial charge in [0.25, 0.3) is 0 Å². The third-order valence-corrected chi connectivity index (χ3v) is 5.42. The summed E-state index contributed by atoms with van der Waals surface area (Å²) in [5.41, 5.74) is 0.830. The van der Waals surface area contributed by atoms with Crippen molar-refractivity contribution in [2.45, 2.75) is 36.7 Å². The minimum atomic E-state index is -0.680. The van der Waals surface area contributed by atoms with Gasteiger partial charge in [0.05, 0.1) is 11.3 Å². The van der Waals surface area contributed by atoms with Crippen LogP contribution >= 0.6 is 11.8 Å². The molecule has 0 unspecified atom stereocenters. The largest absolute Gasteiger partial charge is 0.451 e. The molecule has 0 aliphatic heterocycles. The number of ether oxygens (including phenoxy) is 1. The van der Waals surface area contributed by atoms with Gasteiger partial charge in [-0.05, 0) is 55.7 Å². The quantitative estimate of drug-likeness (QED) is 0.579. The Morgan fingerprint density at radius 2 is 1.86 bits per heavy atom. The van der Waals surface area contributed by atoms with Gasteiger partial charge in [-0.2, -0.15) is 0 Å². The van der Waals surface area contributed by atoms with Crippen molar-refractivity contribution in [2.24, 2.45) is 0 Å². The highest BCUT2D eigenvalue weighted by molar-refractivity contribution is 8.00. The van der Waals surface area contributed by atoms with E-state index in [1.165, 1.54) is 36.0 Å². The molecule has 1 atom stereocenters. The lowest BCUT2D eigenvalue weighted by Gasteiger charge is -2.21. The number of carbonyl (C=O) groups excluding carboxylic acids is 3. The van der Waals surface area contributed by atoms with E-state index in [0.717, 1.165) is 12.8 Å². The van der Waals surface area contributed by atoms with E-state index >= 15 is 0 Å². The van der Waals surface area contributed by atoms with Crippen molar-refractivity contribution < 1.29 is 23.5 Å². The zero-order chi connectivity index (χ0) is 19.9. The number of thioether (sulfide) groups is 1. The molecule has 0 aromatic heterocycles. The van der Waals surface area contributed by atoms with Gasteiger partial charge in [-0.15, -0.1) is 11.8 Å². The fourth-order valence-corrected chi connectivity index (χ4v) is 3.74. The molecule has 0 heterocycles. The number of nitrogens with one attached hydrogen (secondary N) is 1. The topological polar surface area (TPSA) is 72.5 Å². The maximum absolute atomic E-state index is 12.9. The lowest BCUT2D eigenvalue weighted by atomic mass is 9.96. The number of benzene rings is 2. The Morgan fingerprint density at radius 3 is 2.61 bits per heavy atom. The SMILES string of the molecule is O=C(CSc1ccccc1C(=O)O[C@@H]1CCCCC1=O)Nc1ccc(F)cc1. The number of Topliss-reactive ketones (excluding diaryl/α,β-unsaturated/α-hetero) is 1. The van der Waals surface area contributed by atoms with Crippen molar-refractivity contribution in [3.05, 3.63) is 59.9 Å². The van der Waals surface area contributed by atoms with Crippen LogP contribution in [0.3, 0.4) is 0 Å². The Labute approximate surface area is 166 Å². The van der Waals surface area contributed by atoms with Crippen LogP contribution < -0.4 is 5.32 Å². The van der Waals surface area contributed by atoms with Gasteiger partial charge >= 0.3 is 5.97 Å². The molecule has 3 rings (SSSR count). The molecule has 0 spiro atoms. The van der Waals surface area contributed by atoms with Crippen molar-refractivity contribution >= 4 is 35.1 Å². The second kappa shape index (κ2) is 9.50. The molecule has 146 valence electrons. The first-order chi connectivity index (χ1) is 13.5. The summed E-state index contributed by atoms with van der Waals surface area (Å²) < 4.78 is 18.3. The summed E-state index contributed by atoms with van der Waals surface area (Å²) in [5, 5.41) is 2.67. The van der Waals surface area contributed by atoms with Crippen LogP contribution in [0.5, 0.6) is 0 Å². The highest BCUT2D eigenvalue weighted by Gasteiger charge is 2.27. The minimum Gasteiger partial charge on any atom is -0.451 e. The smallest absolute Gasteiger partial charge is 0.339 e. The third-order valence-electron chi connectivity index (χ3n) is 4.34. The van der Waals surface area contributed by atoms with Crippen molar-refractivity contribution in [2.75, 3.05) is 11.1 Å². The van der Waals surface area contributed by atoms with Gasteiger partial charge in [0.15, 0.2) is 11.9 Å². The van der Waals surface area contributed by atoms with E-state index in [9.17, 15) is 18.8 Å². The number of hydrogen-bond acceptors (Lipinski definition) is 5. The molecule has 1 N–H and O–H groups in total. The van der Waals surface area contributed by atoms with Crippen molar-refractivity contribution in [1.82, 2.24) is 0 Å². The standard InChI is InChI=1S/C21H20FNO4S/c22-14-9-11-15(12-10-14)23-20(25)13-28-19-8-4-1-5-16(19)21(26)27-18-7-3-2-6-17(18)24/h1,4-5,8-12,18H,2-3,6-7,13H2,(H,23,25)/t18-/m1/s1. The number of hydrogen-bond donors (Lipinski definition) is 1. The number of esters is 1. The van der Waals surface area contributed by atoms with E-state index in [1.807, 2.05) is 0 Å². The summed E-state index contributed by atoms with van der Waals surface area (Å²) in [4.78, 5) is 37.1. The van der Waals surface area contributed by atoms with Crippen LogP contribution in [0.15, 0.2) is 53.4 Å². The summed E-state index contributed by atoms with van der Waals surface area (Å²) >= 11 is 1.20. The molecule has 28 heavy (non-hydrogen) atoms. The molecule has 1 amide bonds. The average Bonchev–Trinajstić information content (AvgIpc) is 2.70. The van der Waals surface area contributed by atoms with Crippen LogP contribution in [0.4, 0.5) is 10.1 Å². The van der Waals surface area contributed by atoms with Crippen LogP contribution in [0.2, 0.25) is 0 Å². The molecule has 2 aromatic rings. The molecule has 0 saturated heterocycles. The Balaban J connectivity index is 1.60. The Bertz CT molecular complexity index is 869. The number of anilines is 1. The van der Waals surface area contributed by atoms with Crippen LogP contribution in [-0.2, 0) is 14.3 Å². The van der Waals surface area contributed by atoms with Gasteiger partial charge in [-0.25, -0.2) is 9.18 Å². The molecule has 7 heteroatoms. The Kier molecular flexibility index (Phi) is 6.81. The molecule has 1 aliphatic rings. The van der Waals surface area contributed by atoms with E-state index < -0.39 is 12.1 Å². The maximum atomic E-state index is 12.9. The second-order valence-electron chi connectivity index (χ2n) is 6.45. The van der Waals surface area contributed by atoms with Crippen molar-refractivity contribution in [1.29, 1.82) is 0 Å². The summed E-state index contributed by atoms with van der Waals surface area (Å²) in [6.07, 6.45) is 2.02. The monoisotopic (exact) mass is 401 g/mol. The summed E-state index contributed by atoms with van der Waals surface area (Å²) in [6, 6.07) is 12.3. The van der Waals surface area contributed by atoms with Gasteiger partial charge in [0.2, 0.25) is 5.91 Å². The predicted molar refractivity (Wildman–Crippen MR) is 105 cm³/mol. The zero-order valence-electron chi connectivity index (χ0n) is 15.2. The zero-order valence-corrected chi connectivity index (χ0v) is 16.0. The fraction of sp³-hybridized carbons (Fsp3) is 0.286. The van der Waals surface area contributed by atoms with Crippen LogP contribution in [0.1, 0.15) is 36.0 Å². The molecule has 0 bridgehead atoms. The van der Waals surface area contributed by atoms with Gasteiger partial charge in [0.1, 0.15) is 5.82 Å². The Hall–Kier alpha value is -2.67. The number of halogens is 1. The van der Waals surface area contributed by atoms with Crippen molar-refractivity contribution in [3.63, 3.8) is 0 Å². The van der Waals surface area contributed by atoms with Gasteiger partial charge in [-0.1, -0.05) is 12.1 Å². The van der Waals surface area contributed by atoms with E-state index in [0.29, 0.717) is 29.0 Å². The van der Waals surface area contributed by atoms with Crippen LogP contribution in [0.25, 0.3) is 0 Å². The summed E-state index contributed by atoms with van der Waals surface area (Å²) in [5.74, 6) is -1.17. The number of ketones is 1. The molecule has 1 saturated carbocycles. The number of carbonyl (C=O) groups is 3. The highest BCUT2D eigenvalue weighted by Crippen LogP contribution is 2.25. The van der Waals surface area contributed by atoms with E-state index in [2.05, 4.69) is 5.32 Å². The van der Waals surface area contributed by atoms with E-state index in [-0.39, 0.29) is 23.3 Å². The molecule has 5 nitrogen and oxygen atoms in total. The van der Waals surface area contributed by atoms with E-state index in [4.69, 9.17) is 4.74 Å². The first-order valence-corrected chi connectivity index (χ1v) is 10.0. The first-order valence-electron chi connectivity index (χ1n) is 9.04. The van der Waals surface area contributed by atoms with E-state index in [1.54, 1.807) is 24.3 Å². The van der Waals surface area contributed by atoms with Crippen LogP contribution in [0, 0.1) is 5.82 Å².